The first-order valence-corrected chi connectivity index (χ1v) is 6.25. The largest absolute Gasteiger partial charge is 0.313 e. The van der Waals surface area contributed by atoms with Crippen molar-refractivity contribution in [3.63, 3.8) is 0 Å². The van der Waals surface area contributed by atoms with Crippen LogP contribution in [0.1, 0.15) is 26.7 Å². The third-order valence-electron chi connectivity index (χ3n) is 3.33. The summed E-state index contributed by atoms with van der Waals surface area (Å²) < 4.78 is 0. The topological polar surface area (TPSA) is 18.5 Å². The highest BCUT2D eigenvalue weighted by atomic mass is 15.2. The van der Waals surface area contributed by atoms with Crippen molar-refractivity contribution in [1.29, 1.82) is 0 Å². The van der Waals surface area contributed by atoms with Crippen molar-refractivity contribution in [2.75, 3.05) is 40.3 Å². The first kappa shape index (κ1) is 12.9. The molecule has 15 heavy (non-hydrogen) atoms. The number of hydrogen-bond acceptors (Lipinski definition) is 3. The Morgan fingerprint density at radius 3 is 2.80 bits per heavy atom. The van der Waals surface area contributed by atoms with Crippen LogP contribution in [0.15, 0.2) is 0 Å². The number of nitrogens with one attached hydrogen (secondary N) is 1. The molecule has 0 aromatic heterocycles. The summed E-state index contributed by atoms with van der Waals surface area (Å²) in [5.41, 5.74) is 0. The Morgan fingerprint density at radius 1 is 1.47 bits per heavy atom. The van der Waals surface area contributed by atoms with Crippen LogP contribution in [0.4, 0.5) is 0 Å². The van der Waals surface area contributed by atoms with Crippen LogP contribution in [0.3, 0.4) is 0 Å². The average Bonchev–Trinajstić information content (AvgIpc) is 2.63. The van der Waals surface area contributed by atoms with Gasteiger partial charge in [0.2, 0.25) is 0 Å². The Balaban J connectivity index is 2.20. The van der Waals surface area contributed by atoms with Gasteiger partial charge in [0.15, 0.2) is 0 Å². The minimum Gasteiger partial charge on any atom is -0.313 e. The first-order valence-electron chi connectivity index (χ1n) is 6.25. The fourth-order valence-electron chi connectivity index (χ4n) is 2.27. The SMILES string of the molecule is CCNC1CCN(C(C)CCN(C)C)C1. The smallest absolute Gasteiger partial charge is 0.0207 e. The fourth-order valence-corrected chi connectivity index (χ4v) is 2.27. The van der Waals surface area contributed by atoms with Gasteiger partial charge in [-0.1, -0.05) is 6.92 Å². The Labute approximate surface area is 94.8 Å². The highest BCUT2D eigenvalue weighted by Crippen LogP contribution is 2.14. The lowest BCUT2D eigenvalue weighted by atomic mass is 10.2. The second-order valence-electron chi connectivity index (χ2n) is 4.98. The van der Waals surface area contributed by atoms with Gasteiger partial charge in [-0.25, -0.2) is 0 Å². The van der Waals surface area contributed by atoms with Gasteiger partial charge in [-0.2, -0.15) is 0 Å². The molecule has 0 bridgehead atoms. The van der Waals surface area contributed by atoms with Crippen molar-refractivity contribution in [1.82, 2.24) is 15.1 Å². The second-order valence-corrected chi connectivity index (χ2v) is 4.98. The van der Waals surface area contributed by atoms with Crippen molar-refractivity contribution in [3.8, 4) is 0 Å². The molecular weight excluding hydrogens is 186 g/mol. The lowest BCUT2D eigenvalue weighted by molar-refractivity contribution is 0.223. The molecule has 3 nitrogen and oxygen atoms in total. The summed E-state index contributed by atoms with van der Waals surface area (Å²) >= 11 is 0. The van der Waals surface area contributed by atoms with E-state index in [1.54, 1.807) is 0 Å². The van der Waals surface area contributed by atoms with Crippen molar-refractivity contribution in [3.05, 3.63) is 0 Å². The summed E-state index contributed by atoms with van der Waals surface area (Å²) in [6.07, 6.45) is 2.60. The molecule has 0 aromatic rings. The van der Waals surface area contributed by atoms with E-state index in [0.717, 1.165) is 18.6 Å². The summed E-state index contributed by atoms with van der Waals surface area (Å²) in [5, 5.41) is 3.54. The van der Waals surface area contributed by atoms with Crippen LogP contribution in [-0.4, -0.2) is 62.2 Å². The van der Waals surface area contributed by atoms with Crippen LogP contribution < -0.4 is 5.32 Å². The molecule has 1 aliphatic rings. The maximum Gasteiger partial charge on any atom is 0.0207 e. The van der Waals surface area contributed by atoms with Crippen LogP contribution in [0, 0.1) is 0 Å². The monoisotopic (exact) mass is 213 g/mol. The first-order chi connectivity index (χ1) is 7.13. The Hall–Kier alpha value is -0.120. The standard InChI is InChI=1S/C12H27N3/c1-5-13-12-7-9-15(10-12)11(2)6-8-14(3)4/h11-13H,5-10H2,1-4H3. The molecule has 0 spiro atoms. The van der Waals surface area contributed by atoms with Gasteiger partial charge >= 0.3 is 0 Å². The Morgan fingerprint density at radius 2 is 2.20 bits per heavy atom. The number of nitrogens with zero attached hydrogens (tertiary/aromatic N) is 2. The zero-order valence-electron chi connectivity index (χ0n) is 10.8. The molecule has 0 aliphatic carbocycles. The van der Waals surface area contributed by atoms with Gasteiger partial charge < -0.3 is 10.2 Å². The average molecular weight is 213 g/mol. The summed E-state index contributed by atoms with van der Waals surface area (Å²) in [6, 6.07) is 1.47. The van der Waals surface area contributed by atoms with Crippen molar-refractivity contribution >= 4 is 0 Å². The van der Waals surface area contributed by atoms with E-state index < -0.39 is 0 Å². The molecule has 1 fully saturated rings. The number of likely N-dealkylation sites (N-methyl/N-ethyl adjacent to an activating group) is 1. The van der Waals surface area contributed by atoms with E-state index in [2.05, 4.69) is 43.1 Å². The Bertz CT molecular complexity index is 170. The molecule has 0 radical (unpaired) electrons. The zero-order chi connectivity index (χ0) is 11.3. The van der Waals surface area contributed by atoms with E-state index in [-0.39, 0.29) is 0 Å². The molecule has 1 heterocycles. The van der Waals surface area contributed by atoms with Gasteiger partial charge in [0.25, 0.3) is 0 Å². The highest BCUT2D eigenvalue weighted by molar-refractivity contribution is 4.83. The highest BCUT2D eigenvalue weighted by Gasteiger charge is 2.24. The van der Waals surface area contributed by atoms with Crippen LogP contribution >= 0.6 is 0 Å². The van der Waals surface area contributed by atoms with Gasteiger partial charge in [-0.15, -0.1) is 0 Å². The van der Waals surface area contributed by atoms with E-state index in [0.29, 0.717) is 0 Å². The fraction of sp³-hybridized carbons (Fsp3) is 1.00. The molecule has 0 saturated carbocycles. The van der Waals surface area contributed by atoms with Crippen LogP contribution in [0.25, 0.3) is 0 Å². The van der Waals surface area contributed by atoms with Gasteiger partial charge in [-0.05, 0) is 47.0 Å². The van der Waals surface area contributed by atoms with E-state index in [1.807, 2.05) is 0 Å². The minimum absolute atomic E-state index is 0.732. The molecule has 2 unspecified atom stereocenters. The quantitative estimate of drug-likeness (QED) is 0.710. The van der Waals surface area contributed by atoms with E-state index in [9.17, 15) is 0 Å². The van der Waals surface area contributed by atoms with Crippen LogP contribution in [0.2, 0.25) is 0 Å². The summed E-state index contributed by atoms with van der Waals surface area (Å²) in [4.78, 5) is 4.89. The van der Waals surface area contributed by atoms with Gasteiger partial charge in [0.05, 0.1) is 0 Å². The van der Waals surface area contributed by atoms with E-state index >= 15 is 0 Å². The summed E-state index contributed by atoms with van der Waals surface area (Å²) in [7, 11) is 4.30. The predicted octanol–water partition coefficient (Wildman–Crippen LogP) is 1.01. The lowest BCUT2D eigenvalue weighted by Gasteiger charge is -2.25. The zero-order valence-corrected chi connectivity index (χ0v) is 10.8. The third kappa shape index (κ3) is 4.49. The normalized spacial score (nSPS) is 25.0. The van der Waals surface area contributed by atoms with Gasteiger partial charge in [-0.3, -0.25) is 4.90 Å². The van der Waals surface area contributed by atoms with E-state index in [4.69, 9.17) is 0 Å². The molecular formula is C12H27N3. The minimum atomic E-state index is 0.732. The molecule has 1 aliphatic heterocycles. The lowest BCUT2D eigenvalue weighted by Crippen LogP contribution is -2.37. The maximum absolute atomic E-state index is 3.54. The molecule has 1 saturated heterocycles. The Kier molecular flexibility index (Phi) is 5.58. The van der Waals surface area contributed by atoms with Crippen molar-refractivity contribution < 1.29 is 0 Å². The molecule has 1 N–H and O–H groups in total. The second kappa shape index (κ2) is 6.46. The summed E-state index contributed by atoms with van der Waals surface area (Å²) in [6.45, 7) is 9.36. The molecule has 0 aromatic carbocycles. The van der Waals surface area contributed by atoms with Crippen LogP contribution in [-0.2, 0) is 0 Å². The number of likely N-dealkylation sites (tertiary alicyclic amines) is 1. The van der Waals surface area contributed by atoms with Gasteiger partial charge in [0.1, 0.15) is 0 Å². The molecule has 3 heteroatoms. The van der Waals surface area contributed by atoms with Gasteiger partial charge in [0, 0.05) is 25.2 Å². The number of hydrogen-bond donors (Lipinski definition) is 1. The molecule has 2 atom stereocenters. The maximum atomic E-state index is 3.54. The third-order valence-corrected chi connectivity index (χ3v) is 3.33. The van der Waals surface area contributed by atoms with Crippen LogP contribution in [0.5, 0.6) is 0 Å². The number of rotatable bonds is 6. The van der Waals surface area contributed by atoms with Crippen molar-refractivity contribution in [2.24, 2.45) is 0 Å². The predicted molar refractivity (Wildman–Crippen MR) is 66.3 cm³/mol. The van der Waals surface area contributed by atoms with Crippen molar-refractivity contribution in [2.45, 2.75) is 38.8 Å². The molecule has 0 amide bonds. The summed E-state index contributed by atoms with van der Waals surface area (Å²) in [5.74, 6) is 0. The van der Waals surface area contributed by atoms with E-state index in [1.165, 1.54) is 32.5 Å². The molecule has 1 rings (SSSR count). The molecule has 90 valence electrons.